The lowest BCUT2D eigenvalue weighted by Crippen LogP contribution is -2.33. The summed E-state index contributed by atoms with van der Waals surface area (Å²) < 4.78 is 15.9. The first kappa shape index (κ1) is 19.1. The average Bonchev–Trinajstić information content (AvgIpc) is 2.53. The number of benzene rings is 1. The highest BCUT2D eigenvalue weighted by atomic mass is 16.5. The monoisotopic (exact) mass is 323 g/mol. The molecule has 0 aliphatic heterocycles. The molecule has 0 spiro atoms. The van der Waals surface area contributed by atoms with Crippen molar-refractivity contribution in [2.24, 2.45) is 0 Å². The Balaban J connectivity index is 2.70. The number of methoxy groups -OCH3 is 3. The maximum atomic E-state index is 12.2. The highest BCUT2D eigenvalue weighted by molar-refractivity contribution is 5.79. The largest absolute Gasteiger partial charge is 0.493 e. The van der Waals surface area contributed by atoms with Crippen LogP contribution in [0.2, 0.25) is 0 Å². The molecule has 0 saturated heterocycles. The van der Waals surface area contributed by atoms with Gasteiger partial charge in [-0.1, -0.05) is 26.2 Å². The summed E-state index contributed by atoms with van der Waals surface area (Å²) in [6.45, 7) is 4.22. The van der Waals surface area contributed by atoms with Crippen LogP contribution in [0.25, 0.3) is 0 Å². The van der Waals surface area contributed by atoms with E-state index in [1.807, 2.05) is 19.1 Å². The summed E-state index contributed by atoms with van der Waals surface area (Å²) in [5.41, 5.74) is 0.831. The zero-order chi connectivity index (χ0) is 17.2. The second-order valence-corrected chi connectivity index (χ2v) is 5.67. The molecule has 0 aromatic heterocycles. The first-order valence-corrected chi connectivity index (χ1v) is 8.13. The van der Waals surface area contributed by atoms with Crippen molar-refractivity contribution in [2.45, 2.75) is 52.0 Å². The molecule has 0 heterocycles. The van der Waals surface area contributed by atoms with Crippen molar-refractivity contribution in [3.63, 3.8) is 0 Å². The van der Waals surface area contributed by atoms with E-state index in [9.17, 15) is 4.79 Å². The molecule has 0 fully saturated rings. The molecule has 5 heteroatoms. The van der Waals surface area contributed by atoms with E-state index < -0.39 is 0 Å². The van der Waals surface area contributed by atoms with Gasteiger partial charge in [0.25, 0.3) is 0 Å². The summed E-state index contributed by atoms with van der Waals surface area (Å²) in [5.74, 6) is 1.66. The fourth-order valence-electron chi connectivity index (χ4n) is 2.52. The van der Waals surface area contributed by atoms with Gasteiger partial charge in [0.05, 0.1) is 27.8 Å². The van der Waals surface area contributed by atoms with Gasteiger partial charge in [-0.15, -0.1) is 0 Å². The van der Waals surface area contributed by atoms with Gasteiger partial charge in [-0.2, -0.15) is 0 Å². The molecule has 0 bridgehead atoms. The lowest BCUT2D eigenvalue weighted by Gasteiger charge is -2.16. The number of amides is 1. The molecule has 0 radical (unpaired) electrons. The van der Waals surface area contributed by atoms with E-state index in [4.69, 9.17) is 14.2 Å². The van der Waals surface area contributed by atoms with Gasteiger partial charge in [0.1, 0.15) is 0 Å². The van der Waals surface area contributed by atoms with Crippen LogP contribution in [0.3, 0.4) is 0 Å². The quantitative estimate of drug-likeness (QED) is 0.671. The van der Waals surface area contributed by atoms with Gasteiger partial charge in [-0.05, 0) is 31.0 Å². The molecule has 1 aromatic rings. The van der Waals surface area contributed by atoms with Gasteiger partial charge in [0.2, 0.25) is 11.7 Å². The van der Waals surface area contributed by atoms with E-state index in [1.54, 1.807) is 21.3 Å². The topological polar surface area (TPSA) is 56.8 Å². The zero-order valence-electron chi connectivity index (χ0n) is 14.9. The van der Waals surface area contributed by atoms with Gasteiger partial charge < -0.3 is 19.5 Å². The normalized spacial score (nSPS) is 11.7. The second kappa shape index (κ2) is 9.98. The predicted molar refractivity (Wildman–Crippen MR) is 91.5 cm³/mol. The molecule has 1 amide bonds. The van der Waals surface area contributed by atoms with E-state index in [0.717, 1.165) is 18.4 Å². The van der Waals surface area contributed by atoms with Crippen molar-refractivity contribution >= 4 is 5.91 Å². The third kappa shape index (κ3) is 6.00. The van der Waals surface area contributed by atoms with Crippen LogP contribution >= 0.6 is 0 Å². The number of unbranched alkanes of at least 4 members (excludes halogenated alkanes) is 2. The van der Waals surface area contributed by atoms with E-state index in [-0.39, 0.29) is 18.4 Å². The van der Waals surface area contributed by atoms with Gasteiger partial charge in [0, 0.05) is 6.04 Å². The van der Waals surface area contributed by atoms with Crippen molar-refractivity contribution in [2.75, 3.05) is 21.3 Å². The molecule has 0 aliphatic carbocycles. The minimum absolute atomic E-state index is 0.00303. The van der Waals surface area contributed by atoms with Gasteiger partial charge in [-0.25, -0.2) is 0 Å². The lowest BCUT2D eigenvalue weighted by atomic mass is 10.1. The molecule has 1 rings (SSSR count). The summed E-state index contributed by atoms with van der Waals surface area (Å²) in [6, 6.07) is 3.81. The lowest BCUT2D eigenvalue weighted by molar-refractivity contribution is -0.121. The van der Waals surface area contributed by atoms with Gasteiger partial charge >= 0.3 is 0 Å². The Kier molecular flexibility index (Phi) is 8.30. The van der Waals surface area contributed by atoms with Crippen LogP contribution < -0.4 is 19.5 Å². The number of nitrogens with one attached hydrogen (secondary N) is 1. The van der Waals surface area contributed by atoms with Crippen LogP contribution in [0.5, 0.6) is 17.2 Å². The van der Waals surface area contributed by atoms with Crippen molar-refractivity contribution < 1.29 is 19.0 Å². The minimum atomic E-state index is 0.00303. The fourth-order valence-corrected chi connectivity index (χ4v) is 2.52. The number of hydrogen-bond acceptors (Lipinski definition) is 4. The number of carbonyl (C=O) groups excluding carboxylic acids is 1. The highest BCUT2D eigenvalue weighted by Crippen LogP contribution is 2.38. The third-order valence-electron chi connectivity index (χ3n) is 3.74. The molecular weight excluding hydrogens is 294 g/mol. The van der Waals surface area contributed by atoms with Crippen LogP contribution in [-0.2, 0) is 11.2 Å². The summed E-state index contributed by atoms with van der Waals surface area (Å²) >= 11 is 0. The molecule has 130 valence electrons. The maximum Gasteiger partial charge on any atom is 0.224 e. The molecule has 5 nitrogen and oxygen atoms in total. The van der Waals surface area contributed by atoms with Gasteiger partial charge in [0.15, 0.2) is 11.5 Å². The predicted octanol–water partition coefficient (Wildman–Crippen LogP) is 3.34. The van der Waals surface area contributed by atoms with Crippen molar-refractivity contribution in [1.29, 1.82) is 0 Å². The van der Waals surface area contributed by atoms with E-state index >= 15 is 0 Å². The standard InChI is InChI=1S/C18H29NO4/c1-6-7-8-9-13(2)19-17(20)12-14-10-15(21-3)18(23-5)16(11-14)22-4/h10-11,13H,6-9,12H2,1-5H3,(H,19,20). The highest BCUT2D eigenvalue weighted by Gasteiger charge is 2.15. The summed E-state index contributed by atoms with van der Waals surface area (Å²) in [4.78, 5) is 12.2. The van der Waals surface area contributed by atoms with Gasteiger partial charge in [-0.3, -0.25) is 4.79 Å². The number of carbonyl (C=O) groups is 1. The molecule has 0 aliphatic rings. The van der Waals surface area contributed by atoms with Crippen molar-refractivity contribution in [3.8, 4) is 17.2 Å². The Morgan fingerprint density at radius 1 is 1.09 bits per heavy atom. The molecule has 1 atom stereocenters. The maximum absolute atomic E-state index is 12.2. The Bertz CT molecular complexity index is 477. The van der Waals surface area contributed by atoms with Crippen LogP contribution in [0.1, 0.15) is 45.1 Å². The summed E-state index contributed by atoms with van der Waals surface area (Å²) in [5, 5.41) is 3.04. The Morgan fingerprint density at radius 2 is 1.70 bits per heavy atom. The van der Waals surface area contributed by atoms with Crippen LogP contribution in [0, 0.1) is 0 Å². The molecular formula is C18H29NO4. The average molecular weight is 323 g/mol. The summed E-state index contributed by atoms with van der Waals surface area (Å²) in [6.07, 6.45) is 4.82. The second-order valence-electron chi connectivity index (χ2n) is 5.67. The van der Waals surface area contributed by atoms with E-state index in [0.29, 0.717) is 17.2 Å². The van der Waals surface area contributed by atoms with E-state index in [1.165, 1.54) is 12.8 Å². The van der Waals surface area contributed by atoms with Crippen LogP contribution in [0.15, 0.2) is 12.1 Å². The van der Waals surface area contributed by atoms with Crippen molar-refractivity contribution in [3.05, 3.63) is 17.7 Å². The Labute approximate surface area is 139 Å². The first-order chi connectivity index (χ1) is 11.0. The smallest absolute Gasteiger partial charge is 0.224 e. The molecule has 1 N–H and O–H groups in total. The van der Waals surface area contributed by atoms with Crippen LogP contribution in [0.4, 0.5) is 0 Å². The van der Waals surface area contributed by atoms with Crippen molar-refractivity contribution in [1.82, 2.24) is 5.32 Å². The van der Waals surface area contributed by atoms with Crippen LogP contribution in [-0.4, -0.2) is 33.3 Å². The number of ether oxygens (including phenoxy) is 3. The first-order valence-electron chi connectivity index (χ1n) is 8.13. The fraction of sp³-hybridized carbons (Fsp3) is 0.611. The van der Waals surface area contributed by atoms with E-state index in [2.05, 4.69) is 12.2 Å². The molecule has 0 saturated carbocycles. The zero-order valence-corrected chi connectivity index (χ0v) is 14.9. The Morgan fingerprint density at radius 3 is 2.17 bits per heavy atom. The molecule has 23 heavy (non-hydrogen) atoms. The molecule has 1 unspecified atom stereocenters. The Hall–Kier alpha value is -1.91. The number of rotatable bonds is 10. The molecule has 1 aromatic carbocycles. The number of hydrogen-bond donors (Lipinski definition) is 1. The third-order valence-corrected chi connectivity index (χ3v) is 3.74. The SMILES string of the molecule is CCCCCC(C)NC(=O)Cc1cc(OC)c(OC)c(OC)c1. The summed E-state index contributed by atoms with van der Waals surface area (Å²) in [7, 11) is 4.69. The minimum Gasteiger partial charge on any atom is -0.493 e.